The van der Waals surface area contributed by atoms with Crippen LogP contribution in [0.2, 0.25) is 0 Å². The molecule has 0 radical (unpaired) electrons. The summed E-state index contributed by atoms with van der Waals surface area (Å²) in [4.78, 5) is 5.68. The fraction of sp³-hybridized carbons (Fsp3) is 0.966. The zero-order valence-corrected chi connectivity index (χ0v) is 24.3. The fourth-order valence-corrected chi connectivity index (χ4v) is 4.79. The van der Waals surface area contributed by atoms with Crippen molar-refractivity contribution in [3.8, 4) is 0 Å². The Bertz CT molecular complexity index is 364. The van der Waals surface area contributed by atoms with E-state index < -0.39 is 0 Å². The van der Waals surface area contributed by atoms with Gasteiger partial charge in [-0.1, -0.05) is 168 Å². The predicted molar refractivity (Wildman–Crippen MR) is 156 cm³/mol. The van der Waals surface area contributed by atoms with Crippen molar-refractivity contribution in [1.82, 2.24) is 5.06 Å². The summed E-state index contributed by atoms with van der Waals surface area (Å²) in [5.74, 6) is 0. The quantitative estimate of drug-likeness (QED) is 0.0520. The van der Waals surface area contributed by atoms with E-state index in [2.05, 4.69) is 31.5 Å². The Hall–Kier alpha value is 0.200. The van der Waals surface area contributed by atoms with Gasteiger partial charge in [-0.05, 0) is 25.1 Å². The highest BCUT2D eigenvalue weighted by molar-refractivity contribution is 8.10. The third-order valence-electron chi connectivity index (χ3n) is 6.73. The van der Waals surface area contributed by atoms with Crippen molar-refractivity contribution < 1.29 is 4.84 Å². The van der Waals surface area contributed by atoms with Gasteiger partial charge in [-0.2, -0.15) is 0 Å². The van der Waals surface area contributed by atoms with Gasteiger partial charge in [0.15, 0.2) is 0 Å². The first-order valence-electron chi connectivity index (χ1n) is 14.9. The van der Waals surface area contributed by atoms with Gasteiger partial charge >= 0.3 is 0 Å². The first-order valence-corrected chi connectivity index (χ1v) is 15.7. The number of thiocarbonyl (C=S) groups is 1. The van der Waals surface area contributed by atoms with E-state index >= 15 is 0 Å². The largest absolute Gasteiger partial charge is 0.387 e. The van der Waals surface area contributed by atoms with Crippen LogP contribution in [0.25, 0.3) is 0 Å². The number of hydrogen-bond donors (Lipinski definition) is 1. The lowest BCUT2D eigenvalue weighted by Crippen LogP contribution is -2.27. The first kappa shape index (κ1) is 33.2. The summed E-state index contributed by atoms with van der Waals surface area (Å²) < 4.78 is 0.355. The molecule has 0 spiro atoms. The SMILES string of the molecule is CCCCCCCCCCCCCCN(CCCCCCCCCCCCCC)OC(=S)S. The van der Waals surface area contributed by atoms with Crippen LogP contribution in [-0.4, -0.2) is 22.5 Å². The maximum absolute atomic E-state index is 5.68. The van der Waals surface area contributed by atoms with E-state index in [0.717, 1.165) is 13.1 Å². The molecule has 0 aromatic carbocycles. The summed E-state index contributed by atoms with van der Waals surface area (Å²) in [7, 11) is 0. The lowest BCUT2D eigenvalue weighted by Gasteiger charge is -2.21. The van der Waals surface area contributed by atoms with Crippen molar-refractivity contribution in [2.75, 3.05) is 13.1 Å². The summed E-state index contributed by atoms with van der Waals surface area (Å²) in [5, 5.41) is 2.06. The van der Waals surface area contributed by atoms with Gasteiger partial charge in [0.1, 0.15) is 0 Å². The topological polar surface area (TPSA) is 12.5 Å². The number of hydroxylamine groups is 2. The molecule has 0 aromatic heterocycles. The molecule has 0 saturated carbocycles. The summed E-state index contributed by atoms with van der Waals surface area (Å²) in [6, 6.07) is 0. The van der Waals surface area contributed by atoms with Crippen LogP contribution < -0.4 is 0 Å². The molecule has 198 valence electrons. The zero-order valence-electron chi connectivity index (χ0n) is 22.6. The molecule has 0 saturated heterocycles. The molecule has 0 aliphatic rings. The summed E-state index contributed by atoms with van der Waals surface area (Å²) in [6.45, 7) is 6.54. The van der Waals surface area contributed by atoms with Crippen molar-refractivity contribution >= 4 is 29.2 Å². The molecule has 0 aliphatic heterocycles. The van der Waals surface area contributed by atoms with Crippen LogP contribution in [-0.2, 0) is 4.84 Å². The Morgan fingerprint density at radius 2 is 0.727 bits per heavy atom. The van der Waals surface area contributed by atoms with E-state index in [1.165, 1.54) is 154 Å². The van der Waals surface area contributed by atoms with Crippen molar-refractivity contribution in [3.63, 3.8) is 0 Å². The van der Waals surface area contributed by atoms with Crippen molar-refractivity contribution in [1.29, 1.82) is 0 Å². The Morgan fingerprint density at radius 3 is 0.970 bits per heavy atom. The maximum Gasteiger partial charge on any atom is 0.241 e. The third kappa shape index (κ3) is 28.3. The van der Waals surface area contributed by atoms with E-state index in [4.69, 9.17) is 17.1 Å². The fourth-order valence-electron chi connectivity index (χ4n) is 4.57. The van der Waals surface area contributed by atoms with Gasteiger partial charge in [0.25, 0.3) is 0 Å². The molecule has 0 bridgehead atoms. The van der Waals surface area contributed by atoms with Gasteiger partial charge in [0.05, 0.1) is 0 Å². The molecule has 0 rings (SSSR count). The van der Waals surface area contributed by atoms with Crippen LogP contribution in [0, 0.1) is 0 Å². The minimum atomic E-state index is 0.355. The van der Waals surface area contributed by atoms with Gasteiger partial charge in [0.2, 0.25) is 4.38 Å². The molecular weight excluding hydrogens is 442 g/mol. The van der Waals surface area contributed by atoms with Gasteiger partial charge in [-0.3, -0.25) is 0 Å². The van der Waals surface area contributed by atoms with E-state index in [0.29, 0.717) is 4.38 Å². The maximum atomic E-state index is 5.68. The molecule has 0 atom stereocenters. The minimum Gasteiger partial charge on any atom is -0.387 e. The van der Waals surface area contributed by atoms with Crippen molar-refractivity contribution in [2.24, 2.45) is 0 Å². The Kier molecular flexibility index (Phi) is 28.6. The van der Waals surface area contributed by atoms with E-state index in [-0.39, 0.29) is 0 Å². The summed E-state index contributed by atoms with van der Waals surface area (Å²) in [5.41, 5.74) is 0. The summed E-state index contributed by atoms with van der Waals surface area (Å²) >= 11 is 9.24. The number of rotatable bonds is 27. The molecule has 4 heteroatoms. The van der Waals surface area contributed by atoms with Crippen molar-refractivity contribution in [3.05, 3.63) is 0 Å². The van der Waals surface area contributed by atoms with Crippen LogP contribution in [0.15, 0.2) is 0 Å². The van der Waals surface area contributed by atoms with Crippen LogP contribution in [0.5, 0.6) is 0 Å². The molecule has 0 heterocycles. The highest BCUT2D eigenvalue weighted by atomic mass is 32.1. The molecule has 0 aromatic rings. The summed E-state index contributed by atoms with van der Waals surface area (Å²) in [6.07, 6.45) is 33.2. The lowest BCUT2D eigenvalue weighted by atomic mass is 10.1. The normalized spacial score (nSPS) is 11.4. The smallest absolute Gasteiger partial charge is 0.241 e. The van der Waals surface area contributed by atoms with Crippen LogP contribution in [0.1, 0.15) is 168 Å². The molecule has 0 aliphatic carbocycles. The standard InChI is InChI=1S/C29H59NOS2/c1-3-5-7-9-11-13-15-17-19-21-23-25-27-30(31-29(32)33)28-26-24-22-20-18-16-14-12-10-8-6-4-2/h3-28H2,1-2H3,(H,32,33). The third-order valence-corrected chi connectivity index (χ3v) is 6.89. The van der Waals surface area contributed by atoms with Crippen LogP contribution >= 0.6 is 24.8 Å². The molecule has 33 heavy (non-hydrogen) atoms. The molecule has 0 fully saturated rings. The monoisotopic (exact) mass is 501 g/mol. The number of hydrogen-bond acceptors (Lipinski definition) is 3. The van der Waals surface area contributed by atoms with E-state index in [9.17, 15) is 0 Å². The second-order valence-corrected chi connectivity index (χ2v) is 11.1. The average Bonchev–Trinajstić information content (AvgIpc) is 2.80. The number of nitrogens with zero attached hydrogens (tertiary/aromatic N) is 1. The van der Waals surface area contributed by atoms with Gasteiger partial charge in [-0.15, -0.1) is 5.06 Å². The first-order chi connectivity index (χ1) is 16.2. The van der Waals surface area contributed by atoms with Gasteiger partial charge in [-0.25, -0.2) is 0 Å². The average molecular weight is 502 g/mol. The number of unbranched alkanes of at least 4 members (excludes halogenated alkanes) is 22. The predicted octanol–water partition coefficient (Wildman–Crippen LogP) is 10.8. The highest BCUT2D eigenvalue weighted by Crippen LogP contribution is 2.14. The van der Waals surface area contributed by atoms with Crippen molar-refractivity contribution in [2.45, 2.75) is 168 Å². The molecular formula is C29H59NOS2. The Labute approximate surface area is 219 Å². The number of thiol groups is 1. The van der Waals surface area contributed by atoms with Crippen LogP contribution in [0.4, 0.5) is 0 Å². The molecule has 0 N–H and O–H groups in total. The molecule has 2 nitrogen and oxygen atoms in total. The second-order valence-electron chi connectivity index (χ2n) is 10.1. The highest BCUT2D eigenvalue weighted by Gasteiger charge is 2.07. The Morgan fingerprint density at radius 1 is 0.485 bits per heavy atom. The van der Waals surface area contributed by atoms with E-state index in [1.807, 2.05) is 0 Å². The molecule has 0 amide bonds. The van der Waals surface area contributed by atoms with E-state index in [1.54, 1.807) is 0 Å². The van der Waals surface area contributed by atoms with Crippen LogP contribution in [0.3, 0.4) is 0 Å². The minimum absolute atomic E-state index is 0.355. The van der Waals surface area contributed by atoms with Gasteiger partial charge < -0.3 is 4.84 Å². The van der Waals surface area contributed by atoms with Gasteiger partial charge in [0, 0.05) is 13.1 Å². The zero-order chi connectivity index (χ0) is 24.2. The second kappa shape index (κ2) is 28.4. The molecule has 0 unspecified atom stereocenters. The lowest BCUT2D eigenvalue weighted by molar-refractivity contribution is -0.0676. The Balaban J connectivity index is 3.52.